The Labute approximate surface area is 144 Å². The summed E-state index contributed by atoms with van der Waals surface area (Å²) < 4.78 is 15.9. The lowest BCUT2D eigenvalue weighted by molar-refractivity contribution is 0.324. The first-order chi connectivity index (χ1) is 12.1. The molecule has 0 radical (unpaired) electrons. The predicted molar refractivity (Wildman–Crippen MR) is 92.4 cm³/mol. The molecule has 8 nitrogen and oxygen atoms in total. The zero-order valence-corrected chi connectivity index (χ0v) is 13.9. The maximum Gasteiger partial charge on any atom is 0.312 e. The van der Waals surface area contributed by atoms with Gasteiger partial charge in [-0.15, -0.1) is 4.98 Å². The third kappa shape index (κ3) is 3.59. The van der Waals surface area contributed by atoms with Gasteiger partial charge in [0.05, 0.1) is 21.3 Å². The Morgan fingerprint density at radius 2 is 1.76 bits per heavy atom. The van der Waals surface area contributed by atoms with Gasteiger partial charge in [0, 0.05) is 0 Å². The molecular formula is C17H15N5O3. The van der Waals surface area contributed by atoms with E-state index in [1.165, 1.54) is 21.3 Å². The van der Waals surface area contributed by atoms with Gasteiger partial charge >= 0.3 is 5.82 Å². The van der Waals surface area contributed by atoms with Crippen molar-refractivity contribution in [2.45, 2.75) is 0 Å². The van der Waals surface area contributed by atoms with Gasteiger partial charge in [-0.25, -0.2) is 4.98 Å². The second-order valence-corrected chi connectivity index (χ2v) is 4.68. The number of anilines is 1. The van der Waals surface area contributed by atoms with Crippen molar-refractivity contribution in [3.63, 3.8) is 0 Å². The predicted octanol–water partition coefficient (Wildman–Crippen LogP) is 2.68. The summed E-state index contributed by atoms with van der Waals surface area (Å²) in [5.74, 6) is 1.34. The zero-order valence-electron chi connectivity index (χ0n) is 13.9. The van der Waals surface area contributed by atoms with Gasteiger partial charge < -0.3 is 24.8 Å². The fraction of sp³-hybridized carbons (Fsp3) is 0.176. The molecule has 2 rings (SSSR count). The highest BCUT2D eigenvalue weighted by molar-refractivity contribution is 5.74. The van der Waals surface area contributed by atoms with Gasteiger partial charge in [0.2, 0.25) is 5.75 Å². The number of hydrogen-bond donors (Lipinski definition) is 1. The number of aromatic nitrogens is 2. The molecule has 8 heteroatoms. The van der Waals surface area contributed by atoms with Gasteiger partial charge in [-0.05, 0) is 23.8 Å². The standard InChI is InChI=1S/C17H15N5O3/c1-20-17-16(19)21-12(9-18)11(22-17)6-5-10-7-13(23-2)15(25-4)14(8-10)24-3/h5-8H,2-4H3,(H2,19,21)/b6-5-. The quantitative estimate of drug-likeness (QED) is 0.836. The Kier molecular flexibility index (Phi) is 5.39. The first-order valence-corrected chi connectivity index (χ1v) is 7.01. The van der Waals surface area contributed by atoms with Gasteiger partial charge in [-0.3, -0.25) is 0 Å². The van der Waals surface area contributed by atoms with Gasteiger partial charge in [-0.2, -0.15) is 5.26 Å². The number of benzene rings is 1. The summed E-state index contributed by atoms with van der Waals surface area (Å²) >= 11 is 0. The second-order valence-electron chi connectivity index (χ2n) is 4.68. The second kappa shape index (κ2) is 7.66. The van der Waals surface area contributed by atoms with E-state index in [4.69, 9.17) is 31.8 Å². The maximum atomic E-state index is 9.16. The van der Waals surface area contributed by atoms with Crippen LogP contribution in [0.25, 0.3) is 17.0 Å². The Hall–Kier alpha value is -3.78. The number of hydrogen-bond acceptors (Lipinski definition) is 7. The van der Waals surface area contributed by atoms with Crippen LogP contribution < -0.4 is 19.9 Å². The third-order valence-electron chi connectivity index (χ3n) is 3.26. The number of ether oxygens (including phenoxy) is 3. The van der Waals surface area contributed by atoms with E-state index in [9.17, 15) is 0 Å². The number of nitrogens with zero attached hydrogens (tertiary/aromatic N) is 4. The van der Waals surface area contributed by atoms with E-state index in [0.717, 1.165) is 5.56 Å². The van der Waals surface area contributed by atoms with Crippen LogP contribution in [-0.2, 0) is 0 Å². The van der Waals surface area contributed by atoms with Crippen molar-refractivity contribution in [3.8, 4) is 23.3 Å². The Bertz CT molecular complexity index is 885. The Morgan fingerprint density at radius 3 is 2.24 bits per heavy atom. The summed E-state index contributed by atoms with van der Waals surface area (Å²) in [6, 6.07) is 5.39. The van der Waals surface area contributed by atoms with Gasteiger partial charge in [0.1, 0.15) is 6.07 Å². The summed E-state index contributed by atoms with van der Waals surface area (Å²) in [6.45, 7) is 7.04. The normalized spacial score (nSPS) is 10.1. The van der Waals surface area contributed by atoms with E-state index in [1.54, 1.807) is 24.3 Å². The van der Waals surface area contributed by atoms with Crippen LogP contribution in [0.4, 0.5) is 11.6 Å². The van der Waals surface area contributed by atoms with Crippen LogP contribution in [0.3, 0.4) is 0 Å². The summed E-state index contributed by atoms with van der Waals surface area (Å²) in [5.41, 5.74) is 6.59. The number of nitriles is 1. The molecule has 1 heterocycles. The van der Waals surface area contributed by atoms with Crippen LogP contribution in [0, 0.1) is 17.9 Å². The zero-order chi connectivity index (χ0) is 18.4. The minimum Gasteiger partial charge on any atom is -0.493 e. The molecule has 2 N–H and O–H groups in total. The van der Waals surface area contributed by atoms with Crippen molar-refractivity contribution in [2.75, 3.05) is 27.1 Å². The average Bonchev–Trinajstić information content (AvgIpc) is 2.65. The fourth-order valence-electron chi connectivity index (χ4n) is 2.11. The van der Waals surface area contributed by atoms with Crippen LogP contribution >= 0.6 is 0 Å². The average molecular weight is 337 g/mol. The van der Waals surface area contributed by atoms with E-state index in [0.29, 0.717) is 17.2 Å². The molecule has 0 amide bonds. The summed E-state index contributed by atoms with van der Waals surface area (Å²) in [6.07, 6.45) is 3.26. The van der Waals surface area contributed by atoms with Crippen LogP contribution in [0.5, 0.6) is 17.2 Å². The molecule has 0 bridgehead atoms. The Balaban J connectivity index is 2.50. The molecule has 0 saturated heterocycles. The topological polar surface area (TPSA) is 108 Å². The van der Waals surface area contributed by atoms with Crippen LogP contribution in [0.1, 0.15) is 17.0 Å². The highest BCUT2D eigenvalue weighted by atomic mass is 16.5. The molecule has 126 valence electrons. The van der Waals surface area contributed by atoms with Crippen molar-refractivity contribution >= 4 is 23.8 Å². The van der Waals surface area contributed by atoms with Crippen LogP contribution in [0.15, 0.2) is 12.1 Å². The highest BCUT2D eigenvalue weighted by Gasteiger charge is 2.14. The summed E-state index contributed by atoms with van der Waals surface area (Å²) in [4.78, 5) is 11.1. The molecule has 0 saturated carbocycles. The minimum atomic E-state index is -0.0727. The molecule has 0 aliphatic heterocycles. The molecule has 2 aromatic rings. The van der Waals surface area contributed by atoms with Crippen molar-refractivity contribution in [1.29, 1.82) is 5.26 Å². The molecule has 0 aliphatic rings. The third-order valence-corrected chi connectivity index (χ3v) is 3.26. The number of methoxy groups -OCH3 is 3. The molecule has 1 aromatic carbocycles. The van der Waals surface area contributed by atoms with Gasteiger partial charge in [-0.1, -0.05) is 12.6 Å². The van der Waals surface area contributed by atoms with Crippen LogP contribution in [-0.4, -0.2) is 31.3 Å². The minimum absolute atomic E-state index is 0.0357. The van der Waals surface area contributed by atoms with E-state index in [1.807, 2.05) is 6.07 Å². The van der Waals surface area contributed by atoms with Crippen molar-refractivity contribution < 1.29 is 14.2 Å². The molecule has 25 heavy (non-hydrogen) atoms. The molecule has 0 aliphatic carbocycles. The molecular weight excluding hydrogens is 322 g/mol. The van der Waals surface area contributed by atoms with Crippen molar-refractivity contribution in [3.05, 3.63) is 40.5 Å². The lowest BCUT2D eigenvalue weighted by Crippen LogP contribution is -1.99. The largest absolute Gasteiger partial charge is 0.493 e. The van der Waals surface area contributed by atoms with E-state index >= 15 is 0 Å². The summed E-state index contributed by atoms with van der Waals surface area (Å²) in [5, 5.41) is 9.16. The van der Waals surface area contributed by atoms with Gasteiger partial charge in [0.15, 0.2) is 28.7 Å². The lowest BCUT2D eigenvalue weighted by Gasteiger charge is -2.12. The molecule has 0 spiro atoms. The monoisotopic (exact) mass is 337 g/mol. The van der Waals surface area contributed by atoms with E-state index < -0.39 is 0 Å². The number of nitrogens with two attached hydrogens (primary N) is 1. The van der Waals surface area contributed by atoms with Crippen molar-refractivity contribution in [2.24, 2.45) is 0 Å². The fourth-order valence-corrected chi connectivity index (χ4v) is 2.11. The Morgan fingerprint density at radius 1 is 1.12 bits per heavy atom. The van der Waals surface area contributed by atoms with Crippen LogP contribution in [0.2, 0.25) is 0 Å². The maximum absolute atomic E-state index is 9.16. The molecule has 1 aromatic heterocycles. The smallest absolute Gasteiger partial charge is 0.312 e. The van der Waals surface area contributed by atoms with E-state index in [-0.39, 0.29) is 23.0 Å². The molecule has 0 unspecified atom stereocenters. The summed E-state index contributed by atoms with van der Waals surface area (Å²) in [7, 11) is 4.56. The van der Waals surface area contributed by atoms with E-state index in [2.05, 4.69) is 14.8 Å². The lowest BCUT2D eigenvalue weighted by atomic mass is 10.1. The SMILES string of the molecule is [C-]#[N+]c1nc(/C=C\c2cc(OC)c(OC)c(OC)c2)c(C#N)nc1N. The first-order valence-electron chi connectivity index (χ1n) is 7.01. The molecule has 0 fully saturated rings. The molecule has 0 atom stereocenters. The number of rotatable bonds is 5. The first kappa shape index (κ1) is 17.6. The number of nitrogen functional groups attached to an aromatic ring is 1. The highest BCUT2D eigenvalue weighted by Crippen LogP contribution is 2.38. The van der Waals surface area contributed by atoms with Crippen molar-refractivity contribution in [1.82, 2.24) is 9.97 Å². The van der Waals surface area contributed by atoms with Gasteiger partial charge in [0.25, 0.3) is 0 Å².